The molecule has 0 bridgehead atoms. The van der Waals surface area contributed by atoms with Gasteiger partial charge >= 0.3 is 0 Å². The summed E-state index contributed by atoms with van der Waals surface area (Å²) in [7, 11) is 1.69. The molecule has 1 aromatic carbocycles. The molecule has 0 aliphatic heterocycles. The molecule has 1 heterocycles. The Labute approximate surface area is 134 Å². The van der Waals surface area contributed by atoms with Crippen LogP contribution in [-0.2, 0) is 17.7 Å². The number of thiophene rings is 1. The molecule has 0 saturated heterocycles. The maximum absolute atomic E-state index is 6.07. The van der Waals surface area contributed by atoms with E-state index in [-0.39, 0.29) is 0 Å². The highest BCUT2D eigenvalue weighted by Crippen LogP contribution is 2.23. The van der Waals surface area contributed by atoms with Gasteiger partial charge in [0.15, 0.2) is 0 Å². The molecule has 0 saturated carbocycles. The topological polar surface area (TPSA) is 30.5 Å². The highest BCUT2D eigenvalue weighted by atomic mass is 35.5. The van der Waals surface area contributed by atoms with Gasteiger partial charge in [0, 0.05) is 42.1 Å². The molecule has 2 aromatic rings. The molecule has 3 nitrogen and oxygen atoms in total. The Hall–Kier alpha value is -1.07. The normalized spacial score (nSPS) is 10.8. The molecule has 114 valence electrons. The average molecular weight is 326 g/mol. The molecule has 1 aromatic heterocycles. The van der Waals surface area contributed by atoms with Crippen LogP contribution in [0.3, 0.4) is 0 Å². The van der Waals surface area contributed by atoms with Gasteiger partial charge in [-0.1, -0.05) is 17.7 Å². The first-order valence-electron chi connectivity index (χ1n) is 6.93. The fourth-order valence-electron chi connectivity index (χ4n) is 1.94. The van der Waals surface area contributed by atoms with Crippen molar-refractivity contribution < 1.29 is 9.47 Å². The van der Waals surface area contributed by atoms with E-state index in [0.717, 1.165) is 35.8 Å². The van der Waals surface area contributed by atoms with E-state index in [1.807, 2.05) is 18.2 Å². The van der Waals surface area contributed by atoms with Gasteiger partial charge in [-0.3, -0.25) is 0 Å². The SMILES string of the molecule is COCCNCc1cc(Cl)ccc1OCCc1cccs1. The molecule has 0 aliphatic rings. The molecule has 5 heteroatoms. The number of hydrogen-bond donors (Lipinski definition) is 1. The summed E-state index contributed by atoms with van der Waals surface area (Å²) in [5.74, 6) is 0.890. The van der Waals surface area contributed by atoms with E-state index < -0.39 is 0 Å². The van der Waals surface area contributed by atoms with Gasteiger partial charge in [-0.2, -0.15) is 0 Å². The van der Waals surface area contributed by atoms with Crippen LogP contribution >= 0.6 is 22.9 Å². The molecule has 0 radical (unpaired) electrons. The lowest BCUT2D eigenvalue weighted by atomic mass is 10.2. The molecule has 0 unspecified atom stereocenters. The molecule has 1 N–H and O–H groups in total. The minimum Gasteiger partial charge on any atom is -0.493 e. The van der Waals surface area contributed by atoms with Crippen LogP contribution in [-0.4, -0.2) is 26.9 Å². The fraction of sp³-hybridized carbons (Fsp3) is 0.375. The summed E-state index contributed by atoms with van der Waals surface area (Å²) in [5, 5.41) is 6.12. The Morgan fingerprint density at radius 1 is 1.24 bits per heavy atom. The van der Waals surface area contributed by atoms with E-state index in [9.17, 15) is 0 Å². The van der Waals surface area contributed by atoms with Crippen molar-refractivity contribution in [2.24, 2.45) is 0 Å². The molecule has 21 heavy (non-hydrogen) atoms. The van der Waals surface area contributed by atoms with E-state index in [4.69, 9.17) is 21.1 Å². The van der Waals surface area contributed by atoms with Crippen molar-refractivity contribution in [3.05, 3.63) is 51.2 Å². The monoisotopic (exact) mass is 325 g/mol. The van der Waals surface area contributed by atoms with Crippen LogP contribution in [0.25, 0.3) is 0 Å². The second-order valence-electron chi connectivity index (χ2n) is 4.60. The van der Waals surface area contributed by atoms with Crippen molar-refractivity contribution in [2.75, 3.05) is 26.9 Å². The quantitative estimate of drug-likeness (QED) is 0.712. The number of nitrogens with one attached hydrogen (secondary N) is 1. The van der Waals surface area contributed by atoms with Crippen LogP contribution in [0.5, 0.6) is 5.75 Å². The van der Waals surface area contributed by atoms with E-state index >= 15 is 0 Å². The standard InChI is InChI=1S/C16H20ClNO2S/c1-19-9-7-18-12-13-11-14(17)4-5-16(13)20-8-6-15-3-2-10-21-15/h2-5,10-11,18H,6-9,12H2,1H3. The predicted octanol–water partition coefficient (Wildman–Crippen LogP) is 3.76. The van der Waals surface area contributed by atoms with Crippen molar-refractivity contribution >= 4 is 22.9 Å². The van der Waals surface area contributed by atoms with Gasteiger partial charge in [-0.15, -0.1) is 11.3 Å². The predicted molar refractivity (Wildman–Crippen MR) is 88.6 cm³/mol. The van der Waals surface area contributed by atoms with Gasteiger partial charge in [0.25, 0.3) is 0 Å². The van der Waals surface area contributed by atoms with E-state index in [1.54, 1.807) is 18.4 Å². The number of halogens is 1. The Bertz CT molecular complexity index is 531. The molecular weight excluding hydrogens is 306 g/mol. The Morgan fingerprint density at radius 3 is 2.90 bits per heavy atom. The number of rotatable bonds is 9. The van der Waals surface area contributed by atoms with Crippen molar-refractivity contribution in [3.63, 3.8) is 0 Å². The number of benzene rings is 1. The Balaban J connectivity index is 1.87. The lowest BCUT2D eigenvalue weighted by Gasteiger charge is -2.12. The number of ether oxygens (including phenoxy) is 2. The first kappa shape index (κ1) is 16.3. The fourth-order valence-corrected chi connectivity index (χ4v) is 2.83. The highest BCUT2D eigenvalue weighted by molar-refractivity contribution is 7.09. The second kappa shape index (κ2) is 9.05. The van der Waals surface area contributed by atoms with Crippen LogP contribution in [0.1, 0.15) is 10.4 Å². The van der Waals surface area contributed by atoms with Crippen molar-refractivity contribution in [3.8, 4) is 5.75 Å². The highest BCUT2D eigenvalue weighted by Gasteiger charge is 2.05. The summed E-state index contributed by atoms with van der Waals surface area (Å²) in [6.07, 6.45) is 0.927. The molecular formula is C16H20ClNO2S. The minimum absolute atomic E-state index is 0.674. The largest absolute Gasteiger partial charge is 0.493 e. The summed E-state index contributed by atoms with van der Waals surface area (Å²) in [5.41, 5.74) is 1.07. The van der Waals surface area contributed by atoms with Crippen LogP contribution in [0.15, 0.2) is 35.7 Å². The maximum atomic E-state index is 6.07. The zero-order chi connectivity index (χ0) is 14.9. The average Bonchev–Trinajstić information content (AvgIpc) is 2.99. The van der Waals surface area contributed by atoms with Crippen molar-refractivity contribution in [2.45, 2.75) is 13.0 Å². The zero-order valence-electron chi connectivity index (χ0n) is 12.1. The van der Waals surface area contributed by atoms with Crippen molar-refractivity contribution in [1.29, 1.82) is 0 Å². The summed E-state index contributed by atoms with van der Waals surface area (Å²) in [6, 6.07) is 9.93. The number of hydrogen-bond acceptors (Lipinski definition) is 4. The molecule has 2 rings (SSSR count). The summed E-state index contributed by atoms with van der Waals surface area (Å²) in [6.45, 7) is 2.89. The lowest BCUT2D eigenvalue weighted by Crippen LogP contribution is -2.19. The van der Waals surface area contributed by atoms with Gasteiger partial charge in [0.2, 0.25) is 0 Å². The molecule has 0 spiro atoms. The van der Waals surface area contributed by atoms with Crippen LogP contribution in [0, 0.1) is 0 Å². The molecule has 0 amide bonds. The van der Waals surface area contributed by atoms with E-state index in [2.05, 4.69) is 22.8 Å². The summed E-state index contributed by atoms with van der Waals surface area (Å²) < 4.78 is 10.9. The first-order valence-corrected chi connectivity index (χ1v) is 8.18. The van der Waals surface area contributed by atoms with Gasteiger partial charge in [0.1, 0.15) is 5.75 Å². The molecule has 0 atom stereocenters. The summed E-state index contributed by atoms with van der Waals surface area (Å²) >= 11 is 7.82. The smallest absolute Gasteiger partial charge is 0.123 e. The third kappa shape index (κ3) is 5.67. The minimum atomic E-state index is 0.674. The van der Waals surface area contributed by atoms with Crippen LogP contribution in [0.4, 0.5) is 0 Å². The van der Waals surface area contributed by atoms with Crippen LogP contribution in [0.2, 0.25) is 5.02 Å². The van der Waals surface area contributed by atoms with E-state index in [0.29, 0.717) is 13.2 Å². The molecule has 0 aliphatic carbocycles. The van der Waals surface area contributed by atoms with E-state index in [1.165, 1.54) is 4.88 Å². The number of methoxy groups -OCH3 is 1. The maximum Gasteiger partial charge on any atom is 0.123 e. The Kier molecular flexibility index (Phi) is 7.03. The third-order valence-electron chi connectivity index (χ3n) is 3.01. The third-order valence-corrected chi connectivity index (χ3v) is 4.18. The second-order valence-corrected chi connectivity index (χ2v) is 6.07. The summed E-state index contributed by atoms with van der Waals surface area (Å²) in [4.78, 5) is 1.34. The van der Waals surface area contributed by atoms with Gasteiger partial charge < -0.3 is 14.8 Å². The van der Waals surface area contributed by atoms with Gasteiger partial charge in [-0.05, 0) is 29.6 Å². The zero-order valence-corrected chi connectivity index (χ0v) is 13.7. The van der Waals surface area contributed by atoms with Gasteiger partial charge in [-0.25, -0.2) is 0 Å². The van der Waals surface area contributed by atoms with Gasteiger partial charge in [0.05, 0.1) is 13.2 Å². The first-order chi connectivity index (χ1) is 10.3. The molecule has 0 fully saturated rings. The lowest BCUT2D eigenvalue weighted by molar-refractivity contribution is 0.199. The van der Waals surface area contributed by atoms with Crippen molar-refractivity contribution in [1.82, 2.24) is 5.32 Å². The van der Waals surface area contributed by atoms with Crippen LogP contribution < -0.4 is 10.1 Å². The Morgan fingerprint density at radius 2 is 2.14 bits per heavy atom.